The Labute approximate surface area is 170 Å². The van der Waals surface area contributed by atoms with Crippen LogP contribution in [0.3, 0.4) is 0 Å². The van der Waals surface area contributed by atoms with Crippen LogP contribution in [0.25, 0.3) is 0 Å². The normalized spacial score (nSPS) is 11.7. The highest BCUT2D eigenvalue weighted by molar-refractivity contribution is 7.92. The molecule has 0 aliphatic rings. The number of benzene rings is 3. The second-order valence-electron chi connectivity index (χ2n) is 5.98. The first kappa shape index (κ1) is 21.1. The average molecular weight is 448 g/mol. The molecule has 0 aromatic heterocycles. The highest BCUT2D eigenvalue weighted by Crippen LogP contribution is 2.28. The van der Waals surface area contributed by atoms with Crippen LogP contribution >= 0.6 is 0 Å². The largest absolute Gasteiger partial charge is 0.269 e. The lowest BCUT2D eigenvalue weighted by Crippen LogP contribution is -2.06. The van der Waals surface area contributed by atoms with E-state index in [0.717, 1.165) is 54.6 Å². The van der Waals surface area contributed by atoms with E-state index >= 15 is 0 Å². The minimum atomic E-state index is -4.14. The lowest BCUT2D eigenvalue weighted by atomic mass is 10.3. The van der Waals surface area contributed by atoms with Crippen LogP contribution < -0.4 is 0 Å². The molecule has 3 aromatic carbocycles. The molecule has 0 saturated heterocycles. The molecule has 0 bridgehead atoms. The Morgan fingerprint density at radius 1 is 0.533 bits per heavy atom. The zero-order chi connectivity index (χ0) is 22.1. The summed E-state index contributed by atoms with van der Waals surface area (Å²) in [4.78, 5) is 19.0. The summed E-state index contributed by atoms with van der Waals surface area (Å²) in [5.41, 5.74) is -0.577. The number of nitro groups is 2. The van der Waals surface area contributed by atoms with Gasteiger partial charge in [-0.2, -0.15) is 0 Å². The van der Waals surface area contributed by atoms with Crippen LogP contribution in [0.4, 0.5) is 11.4 Å². The molecule has 0 aliphatic carbocycles. The molecule has 0 unspecified atom stereocenters. The fourth-order valence-corrected chi connectivity index (χ4v) is 5.26. The van der Waals surface area contributed by atoms with Gasteiger partial charge in [0.05, 0.1) is 29.4 Å². The van der Waals surface area contributed by atoms with Crippen molar-refractivity contribution in [1.82, 2.24) is 0 Å². The topological polar surface area (TPSA) is 155 Å². The molecule has 3 aromatic rings. The van der Waals surface area contributed by atoms with Gasteiger partial charge >= 0.3 is 0 Å². The third kappa shape index (κ3) is 3.90. The highest BCUT2D eigenvalue weighted by atomic mass is 32.2. The summed E-state index contributed by atoms with van der Waals surface area (Å²) in [6, 6.07) is 13.0. The molecule has 0 atom stereocenters. The van der Waals surface area contributed by atoms with Gasteiger partial charge in [0.1, 0.15) is 0 Å². The monoisotopic (exact) mass is 448 g/mol. The van der Waals surface area contributed by atoms with Crippen molar-refractivity contribution in [1.29, 1.82) is 0 Å². The van der Waals surface area contributed by atoms with Gasteiger partial charge in [0.2, 0.25) is 19.7 Å². The Hall–Kier alpha value is -3.64. The van der Waals surface area contributed by atoms with Crippen molar-refractivity contribution in [2.24, 2.45) is 0 Å². The van der Waals surface area contributed by atoms with E-state index in [2.05, 4.69) is 0 Å². The van der Waals surface area contributed by atoms with Gasteiger partial charge in [-0.15, -0.1) is 0 Å². The maximum absolute atomic E-state index is 12.8. The van der Waals surface area contributed by atoms with Crippen molar-refractivity contribution in [2.75, 3.05) is 0 Å². The molecule has 3 rings (SSSR count). The summed E-state index contributed by atoms with van der Waals surface area (Å²) in [5.74, 6) is 0. The van der Waals surface area contributed by atoms with Gasteiger partial charge in [0, 0.05) is 24.3 Å². The summed E-state index contributed by atoms with van der Waals surface area (Å²) in [6.07, 6.45) is 0. The smallest absolute Gasteiger partial charge is 0.258 e. The van der Waals surface area contributed by atoms with Crippen LogP contribution in [0.1, 0.15) is 0 Å². The number of sulfone groups is 2. The van der Waals surface area contributed by atoms with E-state index in [1.807, 2.05) is 0 Å². The lowest BCUT2D eigenvalue weighted by Gasteiger charge is -2.08. The van der Waals surface area contributed by atoms with Gasteiger partial charge in [-0.05, 0) is 42.5 Å². The van der Waals surface area contributed by atoms with Gasteiger partial charge in [0.15, 0.2) is 0 Å². The van der Waals surface area contributed by atoms with Gasteiger partial charge in [0.25, 0.3) is 11.4 Å². The predicted molar refractivity (Wildman–Crippen MR) is 104 cm³/mol. The molecule has 154 valence electrons. The van der Waals surface area contributed by atoms with E-state index in [-0.39, 0.29) is 31.0 Å². The van der Waals surface area contributed by atoms with Crippen molar-refractivity contribution in [3.63, 3.8) is 0 Å². The van der Waals surface area contributed by atoms with Crippen LogP contribution in [0.5, 0.6) is 0 Å². The first-order chi connectivity index (χ1) is 14.0. The van der Waals surface area contributed by atoms with Gasteiger partial charge in [-0.3, -0.25) is 20.2 Å². The molecule has 0 spiro atoms. The van der Waals surface area contributed by atoms with Crippen LogP contribution in [-0.2, 0) is 19.7 Å². The van der Waals surface area contributed by atoms with Crippen molar-refractivity contribution in [3.8, 4) is 0 Å². The van der Waals surface area contributed by atoms with E-state index in [9.17, 15) is 37.1 Å². The highest BCUT2D eigenvalue weighted by Gasteiger charge is 2.24. The molecule has 0 radical (unpaired) electrons. The second kappa shape index (κ2) is 7.65. The Morgan fingerprint density at radius 3 is 1.17 bits per heavy atom. The number of nitro benzene ring substituents is 2. The number of hydrogen-bond acceptors (Lipinski definition) is 8. The Kier molecular flexibility index (Phi) is 5.37. The average Bonchev–Trinajstić information content (AvgIpc) is 2.74. The van der Waals surface area contributed by atoms with E-state index < -0.39 is 29.5 Å². The second-order valence-corrected chi connectivity index (χ2v) is 9.88. The molecule has 10 nitrogen and oxygen atoms in total. The predicted octanol–water partition coefficient (Wildman–Crippen LogP) is 3.17. The van der Waals surface area contributed by atoms with Crippen molar-refractivity contribution in [3.05, 3.63) is 93.0 Å². The zero-order valence-electron chi connectivity index (χ0n) is 14.9. The first-order valence-electron chi connectivity index (χ1n) is 8.12. The molecular weight excluding hydrogens is 436 g/mol. The minimum Gasteiger partial charge on any atom is -0.258 e. The Morgan fingerprint density at radius 2 is 0.867 bits per heavy atom. The van der Waals surface area contributed by atoms with Crippen LogP contribution in [0.2, 0.25) is 0 Å². The van der Waals surface area contributed by atoms with E-state index in [1.165, 1.54) is 18.2 Å². The molecule has 0 heterocycles. The minimum absolute atomic E-state index is 0.238. The van der Waals surface area contributed by atoms with Crippen LogP contribution in [0.15, 0.2) is 92.4 Å². The SMILES string of the molecule is O=[N+]([O-])c1ccc(S(=O)(=O)c2cccc(S(=O)(=O)c3ccc([N+](=O)[O-])cc3)c2)cc1. The van der Waals surface area contributed by atoms with Crippen molar-refractivity contribution < 1.29 is 26.7 Å². The number of nitrogens with zero attached hydrogens (tertiary/aromatic N) is 2. The van der Waals surface area contributed by atoms with Gasteiger partial charge in [-0.25, -0.2) is 16.8 Å². The molecule has 0 aliphatic heterocycles. The van der Waals surface area contributed by atoms with Crippen LogP contribution in [0, 0.1) is 20.2 Å². The van der Waals surface area contributed by atoms with Crippen LogP contribution in [-0.4, -0.2) is 26.7 Å². The van der Waals surface area contributed by atoms with Crippen molar-refractivity contribution in [2.45, 2.75) is 19.6 Å². The maximum Gasteiger partial charge on any atom is 0.269 e. The Bertz CT molecular complexity index is 1250. The molecule has 0 fully saturated rings. The standard InChI is InChI=1S/C18H12N2O8S2/c21-19(22)13-4-8-15(9-5-13)29(25,26)17-2-1-3-18(12-17)30(27,28)16-10-6-14(7-11-16)20(23)24/h1-12H. The van der Waals surface area contributed by atoms with Crippen molar-refractivity contribution >= 4 is 31.0 Å². The third-order valence-corrected chi connectivity index (χ3v) is 7.68. The maximum atomic E-state index is 12.8. The van der Waals surface area contributed by atoms with E-state index in [1.54, 1.807) is 0 Å². The fourth-order valence-electron chi connectivity index (χ4n) is 2.57. The first-order valence-corrected chi connectivity index (χ1v) is 11.1. The Balaban J connectivity index is 2.02. The molecular formula is C18H12N2O8S2. The lowest BCUT2D eigenvalue weighted by molar-refractivity contribution is -0.385. The molecule has 0 amide bonds. The van der Waals surface area contributed by atoms with E-state index in [0.29, 0.717) is 0 Å². The summed E-state index contributed by atoms with van der Waals surface area (Å²) < 4.78 is 51.2. The summed E-state index contributed by atoms with van der Waals surface area (Å²) in [5, 5.41) is 21.5. The van der Waals surface area contributed by atoms with Gasteiger partial charge in [-0.1, -0.05) is 6.07 Å². The number of hydrogen-bond donors (Lipinski definition) is 0. The summed E-state index contributed by atoms with van der Waals surface area (Å²) in [6.45, 7) is 0. The molecule has 0 saturated carbocycles. The number of non-ortho nitro benzene ring substituents is 2. The quantitative estimate of drug-likeness (QED) is 0.411. The zero-order valence-corrected chi connectivity index (χ0v) is 16.5. The number of rotatable bonds is 6. The fraction of sp³-hybridized carbons (Fsp3) is 0. The molecule has 30 heavy (non-hydrogen) atoms. The summed E-state index contributed by atoms with van der Waals surface area (Å²) >= 11 is 0. The van der Waals surface area contributed by atoms with E-state index in [4.69, 9.17) is 0 Å². The molecule has 12 heteroatoms. The summed E-state index contributed by atoms with van der Waals surface area (Å²) in [7, 11) is -8.28. The van der Waals surface area contributed by atoms with Gasteiger partial charge < -0.3 is 0 Å². The molecule has 0 N–H and O–H groups in total. The third-order valence-electron chi connectivity index (χ3n) is 4.14.